The van der Waals surface area contributed by atoms with Gasteiger partial charge in [0.25, 0.3) is 5.91 Å². The molecule has 1 aliphatic heterocycles. The normalized spacial score (nSPS) is 25.3. The van der Waals surface area contributed by atoms with Crippen LogP contribution in [-0.2, 0) is 6.54 Å². The fourth-order valence-electron chi connectivity index (χ4n) is 4.12. The second-order valence-corrected chi connectivity index (χ2v) is 7.35. The standard InChI is InChI=1S/C21H25N3O2/c1-22-18-6-10-21(11-7-18)15-24(20(25)16-8-12-23-13-9-16)14-17-4-2-3-5-19(17)26-21/h2-5,8-9,12-13,18,22H,6-7,10-11,14-15H2,1H3. The van der Waals surface area contributed by atoms with Crippen molar-refractivity contribution in [3.05, 3.63) is 59.9 Å². The summed E-state index contributed by atoms with van der Waals surface area (Å²) in [5, 5.41) is 3.38. The van der Waals surface area contributed by atoms with Crippen LogP contribution in [0.3, 0.4) is 0 Å². The zero-order chi connectivity index (χ0) is 18.0. The number of carbonyl (C=O) groups excluding carboxylic acids is 1. The molecule has 5 nitrogen and oxygen atoms in total. The van der Waals surface area contributed by atoms with Crippen LogP contribution in [0.1, 0.15) is 41.6 Å². The zero-order valence-corrected chi connectivity index (χ0v) is 15.1. The third-order valence-corrected chi connectivity index (χ3v) is 5.66. The van der Waals surface area contributed by atoms with Crippen molar-refractivity contribution in [2.24, 2.45) is 0 Å². The second kappa shape index (κ2) is 7.08. The number of amides is 1. The Labute approximate surface area is 154 Å². The third kappa shape index (κ3) is 3.31. The van der Waals surface area contributed by atoms with E-state index in [1.54, 1.807) is 24.5 Å². The number of hydrogen-bond acceptors (Lipinski definition) is 4. The molecular weight excluding hydrogens is 326 g/mol. The average molecular weight is 351 g/mol. The molecule has 136 valence electrons. The van der Waals surface area contributed by atoms with Gasteiger partial charge in [-0.3, -0.25) is 9.78 Å². The number of nitrogens with one attached hydrogen (secondary N) is 1. The van der Waals surface area contributed by atoms with Crippen molar-refractivity contribution in [2.75, 3.05) is 13.6 Å². The number of hydrogen-bond donors (Lipinski definition) is 1. The van der Waals surface area contributed by atoms with Gasteiger partial charge in [-0.1, -0.05) is 18.2 Å². The molecule has 2 heterocycles. The quantitative estimate of drug-likeness (QED) is 0.904. The van der Waals surface area contributed by atoms with E-state index in [2.05, 4.69) is 16.4 Å². The second-order valence-electron chi connectivity index (χ2n) is 7.35. The van der Waals surface area contributed by atoms with E-state index in [1.165, 1.54) is 0 Å². The van der Waals surface area contributed by atoms with Crippen molar-refractivity contribution in [2.45, 2.75) is 43.9 Å². The number of rotatable bonds is 2. The molecule has 26 heavy (non-hydrogen) atoms. The fraction of sp³-hybridized carbons (Fsp3) is 0.429. The monoisotopic (exact) mass is 351 g/mol. The smallest absolute Gasteiger partial charge is 0.254 e. The Morgan fingerprint density at radius 1 is 1.19 bits per heavy atom. The van der Waals surface area contributed by atoms with Crippen molar-refractivity contribution < 1.29 is 9.53 Å². The number of para-hydroxylation sites is 1. The highest BCUT2D eigenvalue weighted by molar-refractivity contribution is 5.94. The molecule has 1 amide bonds. The van der Waals surface area contributed by atoms with Crippen molar-refractivity contribution in [1.82, 2.24) is 15.2 Å². The van der Waals surface area contributed by atoms with Gasteiger partial charge in [-0.2, -0.15) is 0 Å². The van der Waals surface area contributed by atoms with Crippen LogP contribution in [0.4, 0.5) is 0 Å². The van der Waals surface area contributed by atoms with E-state index >= 15 is 0 Å². The molecule has 0 atom stereocenters. The highest BCUT2D eigenvalue weighted by Gasteiger charge is 2.42. The Hall–Kier alpha value is -2.40. The minimum absolute atomic E-state index is 0.0443. The number of pyridine rings is 1. The Balaban J connectivity index is 1.66. The van der Waals surface area contributed by atoms with Crippen molar-refractivity contribution in [3.8, 4) is 5.75 Å². The van der Waals surface area contributed by atoms with Crippen LogP contribution < -0.4 is 10.1 Å². The van der Waals surface area contributed by atoms with E-state index in [0.29, 0.717) is 24.7 Å². The summed E-state index contributed by atoms with van der Waals surface area (Å²) in [7, 11) is 2.02. The van der Waals surface area contributed by atoms with E-state index in [4.69, 9.17) is 4.74 Å². The molecule has 2 aliphatic rings. The number of carbonyl (C=O) groups is 1. The molecule has 0 saturated heterocycles. The molecule has 2 aromatic rings. The van der Waals surface area contributed by atoms with Crippen LogP contribution in [-0.4, -0.2) is 41.0 Å². The average Bonchev–Trinajstić information content (AvgIpc) is 2.85. The maximum absolute atomic E-state index is 13.1. The largest absolute Gasteiger partial charge is 0.485 e. The maximum Gasteiger partial charge on any atom is 0.254 e. The number of ether oxygens (including phenoxy) is 1. The van der Waals surface area contributed by atoms with Crippen LogP contribution in [0.5, 0.6) is 5.75 Å². The van der Waals surface area contributed by atoms with E-state index < -0.39 is 0 Å². The highest BCUT2D eigenvalue weighted by Crippen LogP contribution is 2.38. The Bertz CT molecular complexity index is 770. The van der Waals surface area contributed by atoms with Gasteiger partial charge in [0.15, 0.2) is 0 Å². The summed E-state index contributed by atoms with van der Waals surface area (Å²) < 4.78 is 6.56. The molecule has 0 bridgehead atoms. The molecule has 1 spiro atoms. The van der Waals surface area contributed by atoms with Gasteiger partial charge in [0.2, 0.25) is 0 Å². The first-order valence-electron chi connectivity index (χ1n) is 9.33. The summed E-state index contributed by atoms with van der Waals surface area (Å²) in [5.74, 6) is 0.961. The van der Waals surface area contributed by atoms with Crippen LogP contribution in [0.2, 0.25) is 0 Å². The molecule has 1 aromatic carbocycles. The minimum atomic E-state index is -0.303. The Morgan fingerprint density at radius 3 is 2.65 bits per heavy atom. The first kappa shape index (κ1) is 17.0. The van der Waals surface area contributed by atoms with Gasteiger partial charge in [-0.15, -0.1) is 0 Å². The molecule has 1 saturated carbocycles. The summed E-state index contributed by atoms with van der Waals surface area (Å²) in [6, 6.07) is 12.2. The highest BCUT2D eigenvalue weighted by atomic mass is 16.5. The summed E-state index contributed by atoms with van der Waals surface area (Å²) >= 11 is 0. The van der Waals surface area contributed by atoms with E-state index in [1.807, 2.05) is 30.1 Å². The lowest BCUT2D eigenvalue weighted by Gasteiger charge is -2.41. The fourth-order valence-corrected chi connectivity index (χ4v) is 4.12. The molecule has 1 aliphatic carbocycles. The van der Waals surface area contributed by atoms with Gasteiger partial charge in [-0.25, -0.2) is 0 Å². The summed E-state index contributed by atoms with van der Waals surface area (Å²) in [5.41, 5.74) is 1.45. The number of fused-ring (bicyclic) bond motifs is 1. The van der Waals surface area contributed by atoms with E-state index in [-0.39, 0.29) is 11.5 Å². The molecule has 1 N–H and O–H groups in total. The van der Waals surface area contributed by atoms with Gasteiger partial charge >= 0.3 is 0 Å². The lowest BCUT2D eigenvalue weighted by Crippen LogP contribution is -2.51. The first-order chi connectivity index (χ1) is 12.7. The van der Waals surface area contributed by atoms with Crippen molar-refractivity contribution in [3.63, 3.8) is 0 Å². The van der Waals surface area contributed by atoms with Gasteiger partial charge in [-0.05, 0) is 50.9 Å². The predicted octanol–water partition coefficient (Wildman–Crippen LogP) is 3.02. The number of nitrogens with zero attached hydrogens (tertiary/aromatic N) is 2. The van der Waals surface area contributed by atoms with Crippen LogP contribution in [0, 0.1) is 0 Å². The first-order valence-corrected chi connectivity index (χ1v) is 9.33. The van der Waals surface area contributed by atoms with Crippen molar-refractivity contribution in [1.29, 1.82) is 0 Å². The summed E-state index contributed by atoms with van der Waals surface area (Å²) in [6.45, 7) is 1.20. The molecular formula is C21H25N3O2. The maximum atomic E-state index is 13.1. The van der Waals surface area contributed by atoms with Gasteiger partial charge < -0.3 is 15.0 Å². The zero-order valence-electron chi connectivity index (χ0n) is 15.1. The molecule has 1 fully saturated rings. The molecule has 4 rings (SSSR count). The third-order valence-electron chi connectivity index (χ3n) is 5.66. The molecule has 5 heteroatoms. The number of benzene rings is 1. The summed E-state index contributed by atoms with van der Waals surface area (Å²) in [6.07, 6.45) is 7.37. The topological polar surface area (TPSA) is 54.5 Å². The lowest BCUT2D eigenvalue weighted by molar-refractivity contribution is 0.000430. The predicted molar refractivity (Wildman–Crippen MR) is 100 cm³/mol. The molecule has 0 unspecified atom stereocenters. The SMILES string of the molecule is CNC1CCC2(CC1)CN(C(=O)c1ccncc1)Cc1ccccc1O2. The molecule has 0 radical (unpaired) electrons. The van der Waals surface area contributed by atoms with Crippen molar-refractivity contribution >= 4 is 5.91 Å². The van der Waals surface area contributed by atoms with Crippen LogP contribution in [0.25, 0.3) is 0 Å². The lowest BCUT2D eigenvalue weighted by atomic mass is 9.81. The minimum Gasteiger partial charge on any atom is -0.485 e. The van der Waals surface area contributed by atoms with Crippen LogP contribution in [0.15, 0.2) is 48.8 Å². The number of aromatic nitrogens is 1. The van der Waals surface area contributed by atoms with E-state index in [9.17, 15) is 4.79 Å². The molecule has 1 aromatic heterocycles. The Morgan fingerprint density at radius 2 is 1.92 bits per heavy atom. The van der Waals surface area contributed by atoms with Gasteiger partial charge in [0, 0.05) is 36.1 Å². The van der Waals surface area contributed by atoms with E-state index in [0.717, 1.165) is 37.0 Å². The summed E-state index contributed by atoms with van der Waals surface area (Å²) in [4.78, 5) is 19.1. The Kier molecular flexibility index (Phi) is 4.64. The van der Waals surface area contributed by atoms with Gasteiger partial charge in [0.05, 0.1) is 6.54 Å². The van der Waals surface area contributed by atoms with Gasteiger partial charge in [0.1, 0.15) is 11.4 Å². The van der Waals surface area contributed by atoms with Crippen LogP contribution >= 0.6 is 0 Å².